The third kappa shape index (κ3) is 7.07. The molecule has 0 heterocycles. The van der Waals surface area contributed by atoms with E-state index in [-0.39, 0.29) is 11.1 Å². The summed E-state index contributed by atoms with van der Waals surface area (Å²) >= 11 is 6.21. The molecule has 0 N–H and O–H groups in total. The van der Waals surface area contributed by atoms with Gasteiger partial charge in [0.2, 0.25) is 0 Å². The van der Waals surface area contributed by atoms with Crippen LogP contribution in [-0.4, -0.2) is 25.2 Å². The molecule has 0 amide bonds. The molecule has 0 fully saturated rings. The van der Waals surface area contributed by atoms with Gasteiger partial charge in [-0.1, -0.05) is 45.7 Å². The van der Waals surface area contributed by atoms with Crippen LogP contribution >= 0.6 is 11.6 Å². The Morgan fingerprint density at radius 3 is 2.08 bits per heavy atom. The van der Waals surface area contributed by atoms with E-state index in [1.165, 1.54) is 6.07 Å². The number of benzene rings is 1. The molecular weight excluding hydrogens is 340 g/mol. The second-order valence-electron chi connectivity index (χ2n) is 6.50. The molecule has 1 rings (SSSR count). The molecule has 0 bridgehead atoms. The first-order valence-corrected chi connectivity index (χ1v) is 9.45. The van der Waals surface area contributed by atoms with Gasteiger partial charge < -0.3 is 9.47 Å². The second kappa shape index (κ2) is 11.1. The molecule has 1 aromatic rings. The molecule has 0 radical (unpaired) electrons. The molecule has 0 saturated carbocycles. The fraction of sp³-hybridized carbons (Fsp3) is 0.600. The highest BCUT2D eigenvalue weighted by atomic mass is 35.5. The van der Waals surface area contributed by atoms with E-state index < -0.39 is 11.9 Å². The van der Waals surface area contributed by atoms with Crippen LogP contribution < -0.4 is 0 Å². The number of halogens is 1. The lowest BCUT2D eigenvalue weighted by atomic mass is 10.0. The van der Waals surface area contributed by atoms with Gasteiger partial charge in [0.05, 0.1) is 24.3 Å². The van der Waals surface area contributed by atoms with Crippen LogP contribution in [0.5, 0.6) is 0 Å². The molecule has 0 aromatic heterocycles. The molecule has 1 aromatic carbocycles. The average Bonchev–Trinajstić information content (AvgIpc) is 2.58. The van der Waals surface area contributed by atoms with Crippen molar-refractivity contribution >= 4 is 23.5 Å². The maximum absolute atomic E-state index is 12.5. The zero-order chi connectivity index (χ0) is 18.8. The van der Waals surface area contributed by atoms with Crippen LogP contribution in [0.4, 0.5) is 0 Å². The highest BCUT2D eigenvalue weighted by Gasteiger charge is 2.22. The van der Waals surface area contributed by atoms with Crippen molar-refractivity contribution in [3.63, 3.8) is 0 Å². The molecule has 0 atom stereocenters. The molecular formula is C20H29ClO4. The van der Waals surface area contributed by atoms with Gasteiger partial charge in [0, 0.05) is 5.02 Å². The Hall–Kier alpha value is -1.55. The molecule has 4 nitrogen and oxygen atoms in total. The molecule has 0 saturated heterocycles. The summed E-state index contributed by atoms with van der Waals surface area (Å²) in [5.74, 6) is -0.477. The number of carbonyl (C=O) groups excluding carboxylic acids is 2. The van der Waals surface area contributed by atoms with Gasteiger partial charge in [-0.15, -0.1) is 0 Å². The zero-order valence-electron chi connectivity index (χ0n) is 15.7. The van der Waals surface area contributed by atoms with Gasteiger partial charge in [0.1, 0.15) is 0 Å². The number of unbranched alkanes of at least 4 members (excludes halogenated alkanes) is 1. The van der Waals surface area contributed by atoms with Gasteiger partial charge in [-0.3, -0.25) is 0 Å². The first-order chi connectivity index (χ1) is 11.9. The van der Waals surface area contributed by atoms with Crippen LogP contribution in [0.15, 0.2) is 12.1 Å². The Morgan fingerprint density at radius 1 is 1.00 bits per heavy atom. The molecule has 5 heteroatoms. The lowest BCUT2D eigenvalue weighted by Crippen LogP contribution is -2.16. The van der Waals surface area contributed by atoms with E-state index in [1.54, 1.807) is 6.07 Å². The van der Waals surface area contributed by atoms with Crippen molar-refractivity contribution < 1.29 is 19.1 Å². The summed E-state index contributed by atoms with van der Waals surface area (Å²) in [5, 5.41) is 0.460. The highest BCUT2D eigenvalue weighted by Crippen LogP contribution is 2.24. The molecule has 25 heavy (non-hydrogen) atoms. The summed E-state index contributed by atoms with van der Waals surface area (Å²) in [6.45, 7) is 8.87. The Balaban J connectivity index is 2.93. The van der Waals surface area contributed by atoms with Crippen molar-refractivity contribution in [3.05, 3.63) is 33.8 Å². The lowest BCUT2D eigenvalue weighted by Gasteiger charge is -2.13. The predicted octanol–water partition coefficient (Wildman–Crippen LogP) is 5.45. The number of esters is 2. The molecule has 0 aliphatic heterocycles. The van der Waals surface area contributed by atoms with Gasteiger partial charge in [-0.25, -0.2) is 9.59 Å². The minimum absolute atomic E-state index is 0.173. The molecule has 140 valence electrons. The van der Waals surface area contributed by atoms with Crippen molar-refractivity contribution in [1.82, 2.24) is 0 Å². The minimum atomic E-state index is -0.535. The van der Waals surface area contributed by atoms with Crippen LogP contribution in [0.2, 0.25) is 5.02 Å². The molecule has 0 spiro atoms. The van der Waals surface area contributed by atoms with Crippen molar-refractivity contribution in [2.75, 3.05) is 13.2 Å². The van der Waals surface area contributed by atoms with E-state index >= 15 is 0 Å². The largest absolute Gasteiger partial charge is 0.462 e. The van der Waals surface area contributed by atoms with Crippen LogP contribution in [-0.2, 0) is 15.9 Å². The van der Waals surface area contributed by atoms with Crippen LogP contribution in [0, 0.1) is 5.92 Å². The first kappa shape index (κ1) is 21.5. The molecule has 0 unspecified atom stereocenters. The van der Waals surface area contributed by atoms with Gasteiger partial charge in [0.15, 0.2) is 0 Å². The van der Waals surface area contributed by atoms with E-state index in [0.29, 0.717) is 30.6 Å². The summed E-state index contributed by atoms with van der Waals surface area (Å²) in [6, 6.07) is 3.16. The van der Waals surface area contributed by atoms with Crippen LogP contribution in [0.25, 0.3) is 0 Å². The van der Waals surface area contributed by atoms with Gasteiger partial charge in [-0.2, -0.15) is 0 Å². The van der Waals surface area contributed by atoms with Crippen molar-refractivity contribution in [3.8, 4) is 0 Å². The molecule has 0 aliphatic rings. The van der Waals surface area contributed by atoms with E-state index in [4.69, 9.17) is 21.1 Å². The number of hydrogen-bond donors (Lipinski definition) is 0. The van der Waals surface area contributed by atoms with Crippen molar-refractivity contribution in [2.24, 2.45) is 5.92 Å². The Bertz CT molecular complexity index is 581. The second-order valence-corrected chi connectivity index (χ2v) is 6.91. The SMILES string of the molecule is CCCCOC(=O)c1cc(Cl)c(CC)cc1C(=O)OCCCC(C)C. The fourth-order valence-corrected chi connectivity index (χ4v) is 2.65. The van der Waals surface area contributed by atoms with Gasteiger partial charge in [0.25, 0.3) is 0 Å². The standard InChI is InChI=1S/C20H29ClO4/c1-5-7-10-24-20(23)17-13-18(21)15(6-2)12-16(17)19(22)25-11-8-9-14(3)4/h12-14H,5-11H2,1-4H3. The van der Waals surface area contributed by atoms with E-state index in [0.717, 1.165) is 31.2 Å². The Labute approximate surface area is 155 Å². The van der Waals surface area contributed by atoms with Crippen molar-refractivity contribution in [2.45, 2.75) is 59.8 Å². The number of hydrogen-bond acceptors (Lipinski definition) is 4. The van der Waals surface area contributed by atoms with E-state index in [1.807, 2.05) is 13.8 Å². The normalized spacial score (nSPS) is 10.8. The quantitative estimate of drug-likeness (QED) is 0.407. The maximum atomic E-state index is 12.5. The Kier molecular flexibility index (Phi) is 9.58. The first-order valence-electron chi connectivity index (χ1n) is 9.07. The average molecular weight is 369 g/mol. The maximum Gasteiger partial charge on any atom is 0.339 e. The highest BCUT2D eigenvalue weighted by molar-refractivity contribution is 6.32. The minimum Gasteiger partial charge on any atom is -0.462 e. The van der Waals surface area contributed by atoms with Gasteiger partial charge in [-0.05, 0) is 49.3 Å². The van der Waals surface area contributed by atoms with E-state index in [2.05, 4.69) is 13.8 Å². The monoisotopic (exact) mass is 368 g/mol. The Morgan fingerprint density at radius 2 is 1.56 bits per heavy atom. The summed E-state index contributed by atoms with van der Waals surface area (Å²) in [6.07, 6.45) is 4.15. The predicted molar refractivity (Wildman–Crippen MR) is 100 cm³/mol. The van der Waals surface area contributed by atoms with E-state index in [9.17, 15) is 9.59 Å². The van der Waals surface area contributed by atoms with Crippen LogP contribution in [0.1, 0.15) is 79.7 Å². The summed E-state index contributed by atoms with van der Waals surface area (Å²) in [7, 11) is 0. The number of ether oxygens (including phenoxy) is 2. The van der Waals surface area contributed by atoms with Gasteiger partial charge >= 0.3 is 11.9 Å². The number of carbonyl (C=O) groups is 2. The summed E-state index contributed by atoms with van der Waals surface area (Å²) in [4.78, 5) is 24.8. The smallest absolute Gasteiger partial charge is 0.339 e. The number of aryl methyl sites for hydroxylation is 1. The molecule has 0 aliphatic carbocycles. The number of rotatable bonds is 10. The zero-order valence-corrected chi connectivity index (χ0v) is 16.4. The lowest BCUT2D eigenvalue weighted by molar-refractivity contribution is 0.0450. The topological polar surface area (TPSA) is 52.6 Å². The third-order valence-electron chi connectivity index (χ3n) is 3.90. The summed E-state index contributed by atoms with van der Waals surface area (Å²) in [5.41, 5.74) is 1.21. The fourth-order valence-electron chi connectivity index (χ4n) is 2.35. The van der Waals surface area contributed by atoms with Crippen molar-refractivity contribution in [1.29, 1.82) is 0 Å². The van der Waals surface area contributed by atoms with Crippen LogP contribution in [0.3, 0.4) is 0 Å². The summed E-state index contributed by atoms with van der Waals surface area (Å²) < 4.78 is 10.6. The third-order valence-corrected chi connectivity index (χ3v) is 4.25.